The molecule has 12 saturated carbocycles. The number of carbonyl (C=O) groups excluding carboxylic acids is 8. The van der Waals surface area contributed by atoms with Crippen LogP contribution >= 0.6 is 10.7 Å². The summed E-state index contributed by atoms with van der Waals surface area (Å²) >= 11 is 0. The molecular weight excluding hydrogens is 1960 g/mol. The van der Waals surface area contributed by atoms with Crippen LogP contribution in [0.4, 0.5) is 0 Å². The number of aliphatic hydroxyl groups excluding tert-OH is 1. The number of benzene rings is 2. The van der Waals surface area contributed by atoms with Crippen LogP contribution in [0.25, 0.3) is 0 Å². The molecule has 148 heavy (non-hydrogen) atoms. The quantitative estimate of drug-likeness (QED) is 0.0558. The Labute approximate surface area is 888 Å². The van der Waals surface area contributed by atoms with E-state index in [1.165, 1.54) is 43.8 Å². The van der Waals surface area contributed by atoms with Crippen molar-refractivity contribution in [1.29, 1.82) is 0 Å². The van der Waals surface area contributed by atoms with E-state index < -0.39 is 97.3 Å². The predicted molar refractivity (Wildman–Crippen MR) is 572 cm³/mol. The molecule has 13 fully saturated rings. The highest BCUT2D eigenvalue weighted by molar-refractivity contribution is 8.14. The second-order valence-electron chi connectivity index (χ2n) is 54.0. The molecule has 26 nitrogen and oxygen atoms in total. The summed E-state index contributed by atoms with van der Waals surface area (Å²) in [5.41, 5.74) is 8.16. The van der Waals surface area contributed by atoms with Crippen LogP contribution in [0.5, 0.6) is 0 Å². The summed E-state index contributed by atoms with van der Waals surface area (Å²) in [5.74, 6) is -4.08. The van der Waals surface area contributed by atoms with Crippen LogP contribution in [0, 0.1) is 151 Å². The van der Waals surface area contributed by atoms with Gasteiger partial charge in [-0.15, -0.1) is 0 Å². The van der Waals surface area contributed by atoms with Gasteiger partial charge in [0.1, 0.15) is 13.2 Å². The van der Waals surface area contributed by atoms with Gasteiger partial charge in [0, 0.05) is 66.9 Å². The third kappa shape index (κ3) is 21.1. The Bertz CT molecular complexity index is 5810. The molecule has 2 aromatic carbocycles. The first kappa shape index (κ1) is 118. The van der Waals surface area contributed by atoms with Crippen molar-refractivity contribution in [3.8, 4) is 0 Å². The first-order valence-electron chi connectivity index (χ1n) is 54.8. The van der Waals surface area contributed by atoms with Crippen molar-refractivity contribution in [3.05, 3.63) is 107 Å². The topological polar surface area (TPSA) is 402 Å². The summed E-state index contributed by atoms with van der Waals surface area (Å²) in [6.07, 6.45) is 32.6. The van der Waals surface area contributed by atoms with Gasteiger partial charge in [-0.1, -0.05) is 202 Å². The minimum Gasteiger partial charge on any atom is -0.481 e. The Hall–Kier alpha value is -6.57. The van der Waals surface area contributed by atoms with Gasteiger partial charge in [-0.3, -0.25) is 43.2 Å². The van der Waals surface area contributed by atoms with E-state index in [0.717, 1.165) is 180 Å². The van der Waals surface area contributed by atoms with E-state index in [1.54, 1.807) is 0 Å². The Balaban J connectivity index is 0.000000172. The van der Waals surface area contributed by atoms with Crippen LogP contribution in [0.2, 0.25) is 0 Å². The fourth-order valence-electron chi connectivity index (χ4n) is 35.0. The zero-order valence-corrected chi connectivity index (χ0v) is 96.7. The standard InChI is InChI=1S/C40H57NO7S.C37H53NO3.C33H51NO7S.C4H8O.C3H5ClO4S.CH4O/c1-35(2)30-14-17-40(7)33(38(30,5)16-15-31(35)41-49(45,46)25-32(43)47-8)29(42)22-27-28-23-37(4,19-18-36(28,3)20-21-39(27,40)6)34(44)48-24-26-12-10-9-11-13-26;1-32(2)28-13-16-37(7)30(35(28,5)15-14-29(32)38)27(39)21-25-26-22-34(4,18-17-33(26,3)19-20-36(25,37)6)31(40)41-23-24-11-9-8-10-12-24;1-28(2)23-9-12-33(7)26(31(23,5)11-10-24(28)34-42(39,40)19-25(36)41-8)22(35)17-20-21-18-30(4,27(37)38)14-13-29(21,3)15-16-32(20,33)6;1-2-4-5-3-1;1-8-3(5)2-9(4,6)7;1-2/h9-13,22,28,30-31,33,41H,14-21,23-25H2,1-8H3;8-12,21,26,28-30H,13-20,22-23,38H2,1-7H3;17,21,23-24,26,34H,9-16,18-19H2,1-8H3,(H,37,38);1-4H2;2H2,1H3;2H,1H3/t28-,30-,31-,33+,36+,37-,38-,39+,40+;26-,28-,29-,30+,33+,34-,35-,36+,37+;21-,23-,24-,26+,29+,30-,31-,32+,33+;;;/m000.../s1. The molecule has 0 bridgehead atoms. The number of esters is 5. The number of carboxylic acid groups (broad SMARTS) is 1. The monoisotopic (exact) mass is 2140 g/mol. The predicted octanol–water partition coefficient (Wildman–Crippen LogP) is 20.9. The molecule has 30 heteroatoms. The third-order valence-corrected chi connectivity index (χ3v) is 48.3. The molecule has 2 aromatic rings. The molecule has 15 aliphatic carbocycles. The van der Waals surface area contributed by atoms with Gasteiger partial charge < -0.3 is 44.4 Å². The van der Waals surface area contributed by atoms with Crippen LogP contribution in [0.15, 0.2) is 95.6 Å². The van der Waals surface area contributed by atoms with Crippen LogP contribution in [0.1, 0.15) is 343 Å². The Morgan fingerprint density at radius 1 is 0.392 bits per heavy atom. The van der Waals surface area contributed by atoms with E-state index in [4.69, 9.17) is 25.1 Å². The summed E-state index contributed by atoms with van der Waals surface area (Å²) in [6, 6.07) is 19.3. The maximum Gasteiger partial charge on any atom is 0.322 e. The summed E-state index contributed by atoms with van der Waals surface area (Å²) in [6.45, 7) is 50.3. The van der Waals surface area contributed by atoms with Crippen molar-refractivity contribution in [3.63, 3.8) is 0 Å². The van der Waals surface area contributed by atoms with Gasteiger partial charge in [0.05, 0.1) is 37.6 Å². The van der Waals surface area contributed by atoms with Crippen molar-refractivity contribution < 1.29 is 107 Å². The number of fused-ring (bicyclic) bond motifs is 21. The van der Waals surface area contributed by atoms with Crippen molar-refractivity contribution in [2.45, 2.75) is 363 Å². The zero-order valence-electron chi connectivity index (χ0n) is 93.5. The number of ether oxygens (including phenoxy) is 6. The van der Waals surface area contributed by atoms with Gasteiger partial charge in [-0.25, -0.2) is 34.7 Å². The number of allylic oxidation sites excluding steroid dienone is 6. The number of rotatable bonds is 17. The molecule has 18 rings (SSSR count). The van der Waals surface area contributed by atoms with E-state index in [9.17, 15) is 73.5 Å². The smallest absolute Gasteiger partial charge is 0.322 e. The number of aliphatic carboxylic acids is 1. The number of aliphatic hydroxyl groups is 1. The lowest BCUT2D eigenvalue weighted by atomic mass is 9.33. The molecule has 16 aliphatic rings. The van der Waals surface area contributed by atoms with E-state index >= 15 is 0 Å². The fraction of sp³-hybridized carbons (Fsp3) is 0.771. The molecule has 0 aromatic heterocycles. The average molecular weight is 2140 g/mol. The number of carboxylic acids is 1. The molecule has 27 atom stereocenters. The van der Waals surface area contributed by atoms with E-state index in [0.29, 0.717) is 50.4 Å². The Morgan fingerprint density at radius 3 is 0.973 bits per heavy atom. The lowest BCUT2D eigenvalue weighted by Gasteiger charge is -2.70. The van der Waals surface area contributed by atoms with Gasteiger partial charge in [0.2, 0.25) is 29.1 Å². The fourth-order valence-corrected chi connectivity index (χ4v) is 38.4. The molecule has 0 radical (unpaired) electrons. The number of hydrogen-bond donors (Lipinski definition) is 5. The van der Waals surface area contributed by atoms with Crippen molar-refractivity contribution in [2.24, 2.45) is 156 Å². The lowest BCUT2D eigenvalue weighted by molar-refractivity contribution is -0.189. The summed E-state index contributed by atoms with van der Waals surface area (Å²) in [5, 5.41) is 17.1. The van der Waals surface area contributed by atoms with E-state index in [-0.39, 0.29) is 166 Å². The minimum absolute atomic E-state index is 0.00624. The zero-order chi connectivity index (χ0) is 110. The van der Waals surface area contributed by atoms with E-state index in [2.05, 4.69) is 179 Å². The first-order chi connectivity index (χ1) is 68.5. The number of halogens is 1. The SMILES string of the molecule is C1CCOC1.CC1(C)[C@@H](N)CC[C@]2(C)[C@H]3C(=O)C=C4[C@@H]5C[C@@](C)(C(=O)OCc6ccccc6)CC[C@]5(C)CC[C@@]4(C)[C@]3(C)CC[C@@H]12.CO.COC(=O)CS(=O)(=O)Cl.COC(=O)CS(=O)(=O)N[C@H]1CC[C@]2(C)[C@H]3C(=O)C=C4[C@@H]5C[C@@](C)(C(=O)O)CC[C@]5(C)CC[C@@]4(C)[C@]3(C)CC[C@H]2C1(C)C.COC(=O)CS(=O)(=O)N[C@H]1CC[C@]2(C)[C@H]3C(=O)C=C4[C@@H]5C[C@@](C)(C(=O)OCc6ccccc6)CC[C@]5(C)CC[C@@]4(C)[C@]3(C)CC[C@H]2C1(C)C. The van der Waals surface area contributed by atoms with E-state index in [1.807, 2.05) is 79.7 Å². The molecular formula is C118H178ClN3O23S3. The average Bonchev–Trinajstić information content (AvgIpc) is 0.704. The molecule has 1 aliphatic heterocycles. The van der Waals surface area contributed by atoms with Crippen molar-refractivity contribution in [2.75, 3.05) is 58.9 Å². The van der Waals surface area contributed by atoms with Gasteiger partial charge in [0.15, 0.2) is 34.6 Å². The normalized spacial score (nSPS) is 41.2. The molecule has 1 heterocycles. The molecule has 828 valence electrons. The second kappa shape index (κ2) is 42.2. The number of methoxy groups -OCH3 is 3. The highest BCUT2D eigenvalue weighted by atomic mass is 35.7. The highest BCUT2D eigenvalue weighted by Crippen LogP contribution is 2.80. The molecule has 0 unspecified atom stereocenters. The number of hydrogen-bond acceptors (Lipinski definition) is 23. The Kier molecular flexibility index (Phi) is 33.8. The van der Waals surface area contributed by atoms with Crippen LogP contribution in [-0.4, -0.2) is 166 Å². The van der Waals surface area contributed by atoms with Crippen LogP contribution < -0.4 is 15.2 Å². The summed E-state index contributed by atoms with van der Waals surface area (Å²) < 4.78 is 107. The van der Waals surface area contributed by atoms with Gasteiger partial charge in [-0.05, 0) is 353 Å². The van der Waals surface area contributed by atoms with Gasteiger partial charge in [0.25, 0.3) is 0 Å². The maximum absolute atomic E-state index is 14.8. The summed E-state index contributed by atoms with van der Waals surface area (Å²) in [4.78, 5) is 117. The van der Waals surface area contributed by atoms with Crippen LogP contribution in [0.3, 0.4) is 0 Å². The number of sulfonamides is 2. The Morgan fingerprint density at radius 2 is 0.682 bits per heavy atom. The second-order valence-corrected chi connectivity index (χ2v) is 60.2. The highest BCUT2D eigenvalue weighted by Gasteiger charge is 2.76. The third-order valence-electron chi connectivity index (χ3n) is 44.9. The maximum atomic E-state index is 14.8. The minimum atomic E-state index is -3.88. The number of nitrogens with two attached hydrogens (primary N) is 1. The van der Waals surface area contributed by atoms with Crippen molar-refractivity contribution >= 4 is 92.9 Å². The number of carbonyl (C=O) groups is 9. The first-order valence-corrected chi connectivity index (χ1v) is 60.6. The summed E-state index contributed by atoms with van der Waals surface area (Å²) in [7, 11) is -2.35. The largest absolute Gasteiger partial charge is 0.481 e. The molecule has 0 amide bonds. The molecule has 0 spiro atoms. The van der Waals surface area contributed by atoms with Crippen molar-refractivity contribution in [1.82, 2.24) is 9.44 Å². The van der Waals surface area contributed by atoms with Gasteiger partial charge >= 0.3 is 35.8 Å². The number of nitrogens with one attached hydrogen (secondary N) is 2. The van der Waals surface area contributed by atoms with Crippen LogP contribution in [-0.2, 0) is 114 Å². The molecule has 1 saturated heterocycles. The number of ketones is 3. The molecule has 6 N–H and O–H groups in total. The van der Waals surface area contributed by atoms with Gasteiger partial charge in [-0.2, -0.15) is 0 Å². The lowest BCUT2D eigenvalue weighted by Crippen LogP contribution is -2.67.